The molecule has 0 aliphatic carbocycles. The Morgan fingerprint density at radius 1 is 0.328 bits per heavy atom. The quantitative estimate of drug-likeness (QED) is 0.161. The van der Waals surface area contributed by atoms with Gasteiger partial charge in [-0.3, -0.25) is 19.1 Å². The van der Waals surface area contributed by atoms with Gasteiger partial charge in [0.1, 0.15) is 11.6 Å². The van der Waals surface area contributed by atoms with Crippen LogP contribution in [-0.4, -0.2) is 24.1 Å². The number of rotatable bonds is 7. The Morgan fingerprint density at radius 2 is 0.639 bits per heavy atom. The molecule has 0 amide bonds. The second kappa shape index (κ2) is 14.5. The highest BCUT2D eigenvalue weighted by Gasteiger charge is 2.22. The molecule has 11 aromatic rings. The van der Waals surface area contributed by atoms with E-state index < -0.39 is 0 Å². The Hall–Kier alpha value is -7.83. The summed E-state index contributed by atoms with van der Waals surface area (Å²) in [7, 11) is 0. The normalized spacial score (nSPS) is 11.6. The van der Waals surface area contributed by atoms with Gasteiger partial charge in [0.25, 0.3) is 0 Å². The van der Waals surface area contributed by atoms with Crippen LogP contribution in [0.25, 0.3) is 77.5 Å². The predicted molar refractivity (Wildman–Crippen MR) is 253 cm³/mol. The first kappa shape index (κ1) is 36.3. The Bertz CT molecular complexity index is 3090. The highest BCUT2D eigenvalue weighted by Crippen LogP contribution is 2.42. The van der Waals surface area contributed by atoms with Crippen molar-refractivity contribution in [2.75, 3.05) is 4.90 Å². The summed E-state index contributed by atoms with van der Waals surface area (Å²) in [4.78, 5) is 16.5. The number of fused-ring (bicyclic) bond motifs is 6. The van der Waals surface area contributed by atoms with Gasteiger partial charge < -0.3 is 4.90 Å². The van der Waals surface area contributed by atoms with Crippen LogP contribution < -0.4 is 4.90 Å². The van der Waals surface area contributed by atoms with Crippen molar-refractivity contribution in [2.45, 2.75) is 27.7 Å². The van der Waals surface area contributed by atoms with Crippen molar-refractivity contribution in [3.63, 3.8) is 0 Å². The number of anilines is 3. The molecule has 61 heavy (non-hydrogen) atoms. The Balaban J connectivity index is 1.21. The molecule has 5 heterocycles. The van der Waals surface area contributed by atoms with Gasteiger partial charge in [0.2, 0.25) is 0 Å². The monoisotopic (exact) mass is 786 g/mol. The van der Waals surface area contributed by atoms with Gasteiger partial charge in [0, 0.05) is 69.8 Å². The minimum absolute atomic E-state index is 0.834. The average Bonchev–Trinajstić information content (AvgIpc) is 3.78. The smallest absolute Gasteiger partial charge is 0.142 e. The summed E-state index contributed by atoms with van der Waals surface area (Å²) in [6.07, 6.45) is 7.37. The van der Waals surface area contributed by atoms with E-state index in [1.807, 2.05) is 24.8 Å². The summed E-state index contributed by atoms with van der Waals surface area (Å²) < 4.78 is 4.69. The number of aromatic nitrogens is 5. The second-order valence-electron chi connectivity index (χ2n) is 16.2. The number of nitrogens with zero attached hydrogens (tertiary/aromatic N) is 6. The highest BCUT2D eigenvalue weighted by molar-refractivity contribution is 6.11. The minimum atomic E-state index is 0.834. The first-order valence-electron chi connectivity index (χ1n) is 20.7. The van der Waals surface area contributed by atoms with Crippen LogP contribution in [0.5, 0.6) is 0 Å². The van der Waals surface area contributed by atoms with Gasteiger partial charge in [-0.2, -0.15) is 0 Å². The largest absolute Gasteiger partial charge is 0.310 e. The summed E-state index contributed by atoms with van der Waals surface area (Å²) in [6, 6.07) is 57.3. The van der Waals surface area contributed by atoms with Crippen molar-refractivity contribution in [1.29, 1.82) is 0 Å². The fraction of sp³-hybridized carbons (Fsp3) is 0.0727. The van der Waals surface area contributed by atoms with Crippen LogP contribution in [0.1, 0.15) is 22.3 Å². The van der Waals surface area contributed by atoms with E-state index in [0.717, 1.165) is 73.0 Å². The first-order chi connectivity index (χ1) is 29.9. The van der Waals surface area contributed by atoms with Gasteiger partial charge in [-0.1, -0.05) is 70.8 Å². The summed E-state index contributed by atoms with van der Waals surface area (Å²) in [5.41, 5.74) is 16.9. The number of pyridine rings is 3. The van der Waals surface area contributed by atoms with Crippen molar-refractivity contribution in [1.82, 2.24) is 24.1 Å². The van der Waals surface area contributed by atoms with Gasteiger partial charge >= 0.3 is 0 Å². The molecular formula is C55H42N6. The molecule has 6 heteroatoms. The summed E-state index contributed by atoms with van der Waals surface area (Å²) >= 11 is 0. The fourth-order valence-electron chi connectivity index (χ4n) is 8.98. The van der Waals surface area contributed by atoms with E-state index in [1.165, 1.54) is 43.8 Å². The molecule has 0 fully saturated rings. The molecule has 0 aliphatic rings. The minimum Gasteiger partial charge on any atom is -0.310 e. The molecule has 5 aromatic heterocycles. The molecule has 0 radical (unpaired) electrons. The second-order valence-corrected chi connectivity index (χ2v) is 16.2. The first-order valence-corrected chi connectivity index (χ1v) is 20.7. The predicted octanol–water partition coefficient (Wildman–Crippen LogP) is 14.1. The van der Waals surface area contributed by atoms with E-state index in [2.05, 4.69) is 209 Å². The lowest BCUT2D eigenvalue weighted by Crippen LogP contribution is -2.13. The van der Waals surface area contributed by atoms with Crippen LogP contribution in [0.3, 0.4) is 0 Å². The molecule has 0 aliphatic heterocycles. The molecule has 292 valence electrons. The zero-order chi connectivity index (χ0) is 41.2. The highest BCUT2D eigenvalue weighted by atomic mass is 15.2. The Labute approximate surface area is 354 Å². The van der Waals surface area contributed by atoms with Crippen LogP contribution in [0.15, 0.2) is 183 Å². The molecular weight excluding hydrogens is 745 g/mol. The van der Waals surface area contributed by atoms with Crippen molar-refractivity contribution in [3.8, 4) is 33.9 Å². The molecule has 6 aromatic carbocycles. The van der Waals surface area contributed by atoms with Crippen molar-refractivity contribution in [2.24, 2.45) is 0 Å². The topological polar surface area (TPSA) is 51.8 Å². The van der Waals surface area contributed by atoms with E-state index in [4.69, 9.17) is 4.98 Å². The molecule has 0 saturated heterocycles. The summed E-state index contributed by atoms with van der Waals surface area (Å²) in [5.74, 6) is 1.67. The molecule has 11 rings (SSSR count). The Kier molecular flexibility index (Phi) is 8.60. The molecule has 0 unspecified atom stereocenters. The van der Waals surface area contributed by atoms with Crippen molar-refractivity contribution >= 4 is 60.7 Å². The van der Waals surface area contributed by atoms with Gasteiger partial charge in [-0.25, -0.2) is 4.98 Å². The van der Waals surface area contributed by atoms with Crippen LogP contribution in [-0.2, 0) is 0 Å². The lowest BCUT2D eigenvalue weighted by Gasteiger charge is -2.27. The lowest BCUT2D eigenvalue weighted by atomic mass is 10.0. The standard InChI is InChI=1S/C55H42N6/c1-35-5-17-50-46(29-35)47-30-36(2)6-18-51(47)60(50)54-33-45(34-55(58-54)61-52-19-7-37(3)31-48(52)49-32-38(4)8-20-53(49)61)59(43-13-9-39(10-14-43)41-21-25-56-26-22-41)44-15-11-40(12-16-44)42-23-27-57-28-24-42/h5-34H,1-4H3. The van der Waals surface area contributed by atoms with Gasteiger partial charge in [-0.15, -0.1) is 0 Å². The van der Waals surface area contributed by atoms with Crippen LogP contribution in [0, 0.1) is 27.7 Å². The van der Waals surface area contributed by atoms with Crippen LogP contribution in [0.4, 0.5) is 17.1 Å². The molecule has 6 nitrogen and oxygen atoms in total. The Morgan fingerprint density at radius 3 is 0.967 bits per heavy atom. The summed E-state index contributed by atoms with van der Waals surface area (Å²) in [6.45, 7) is 8.66. The van der Waals surface area contributed by atoms with Crippen molar-refractivity contribution < 1.29 is 0 Å². The van der Waals surface area contributed by atoms with Gasteiger partial charge in [-0.05, 0) is 147 Å². The number of hydrogen-bond donors (Lipinski definition) is 0. The maximum atomic E-state index is 5.67. The van der Waals surface area contributed by atoms with Gasteiger partial charge in [0.05, 0.1) is 27.8 Å². The van der Waals surface area contributed by atoms with Crippen molar-refractivity contribution in [3.05, 3.63) is 205 Å². The number of aryl methyl sites for hydroxylation is 4. The third kappa shape index (κ3) is 6.32. The van der Waals surface area contributed by atoms with Crippen LogP contribution in [0.2, 0.25) is 0 Å². The van der Waals surface area contributed by atoms with E-state index in [-0.39, 0.29) is 0 Å². The third-order valence-corrected chi connectivity index (χ3v) is 11.9. The number of hydrogen-bond acceptors (Lipinski definition) is 4. The molecule has 0 saturated carbocycles. The maximum absolute atomic E-state index is 5.67. The summed E-state index contributed by atoms with van der Waals surface area (Å²) in [5, 5.41) is 4.85. The van der Waals surface area contributed by atoms with Crippen LogP contribution >= 0.6 is 0 Å². The molecule has 0 atom stereocenters. The fourth-order valence-corrected chi connectivity index (χ4v) is 8.98. The third-order valence-electron chi connectivity index (χ3n) is 11.9. The maximum Gasteiger partial charge on any atom is 0.142 e. The van der Waals surface area contributed by atoms with E-state index in [1.54, 1.807) is 0 Å². The van der Waals surface area contributed by atoms with Gasteiger partial charge in [0.15, 0.2) is 0 Å². The molecule has 0 spiro atoms. The molecule has 0 N–H and O–H groups in total. The van der Waals surface area contributed by atoms with E-state index in [9.17, 15) is 0 Å². The molecule has 0 bridgehead atoms. The van der Waals surface area contributed by atoms with E-state index >= 15 is 0 Å². The van der Waals surface area contributed by atoms with E-state index in [0.29, 0.717) is 0 Å². The zero-order valence-corrected chi connectivity index (χ0v) is 34.5. The lowest BCUT2D eigenvalue weighted by molar-refractivity contribution is 1.01. The average molecular weight is 787 g/mol. The SMILES string of the molecule is Cc1ccc2c(c1)c1cc(C)ccc1n2-c1cc(N(c2ccc(-c3ccncc3)cc2)c2ccc(-c3ccncc3)cc2)cc(-n2c3ccc(C)cc3c3cc(C)ccc32)n1. The number of benzene rings is 6. The zero-order valence-electron chi connectivity index (χ0n) is 34.5.